The Hall–Kier alpha value is -12.6. The van der Waals surface area contributed by atoms with Crippen molar-refractivity contribution in [3.05, 3.63) is 251 Å². The van der Waals surface area contributed by atoms with E-state index < -0.39 is 209 Å². The number of ether oxygens (including phenoxy) is 5. The first kappa shape index (κ1) is 108. The summed E-state index contributed by atoms with van der Waals surface area (Å²) in [4.78, 5) is 170. The number of carbonyl (C=O) groups is 11. The molecule has 2 heterocycles. The van der Waals surface area contributed by atoms with Gasteiger partial charge in [-0.2, -0.15) is 5.21 Å². The van der Waals surface area contributed by atoms with Crippen molar-refractivity contribution in [2.24, 2.45) is 22.7 Å². The summed E-state index contributed by atoms with van der Waals surface area (Å²) in [5.41, 5.74) is -0.850. The summed E-state index contributed by atoms with van der Waals surface area (Å²) in [6, 6.07) is 51.8. The third-order valence-electron chi connectivity index (χ3n) is 23.6. The number of ketones is 4. The van der Waals surface area contributed by atoms with E-state index in [-0.39, 0.29) is 37.2 Å². The second kappa shape index (κ2) is 48.9. The van der Waals surface area contributed by atoms with Crippen LogP contribution in [0.15, 0.2) is 201 Å². The Morgan fingerprint density at radius 2 is 1.10 bits per heavy atom. The van der Waals surface area contributed by atoms with E-state index in [0.29, 0.717) is 17.9 Å². The third-order valence-corrected chi connectivity index (χ3v) is 23.6. The Balaban J connectivity index is 0.943. The maximum atomic E-state index is 16.3. The van der Waals surface area contributed by atoms with Crippen molar-refractivity contribution in [1.29, 1.82) is 0 Å². The Kier molecular flexibility index (Phi) is 38.6. The molecule has 7 N–H and O–H groups in total. The molecule has 0 bridgehead atoms. The molecule has 0 fully saturated rings. The van der Waals surface area contributed by atoms with Gasteiger partial charge in [-0.3, -0.25) is 52.7 Å². The molecule has 137 heavy (non-hydrogen) atoms. The molecule has 9 rings (SSSR count). The molecule has 0 saturated carbocycles. The highest BCUT2D eigenvalue weighted by molar-refractivity contribution is 6.06. The van der Waals surface area contributed by atoms with Crippen molar-refractivity contribution in [3.63, 3.8) is 0 Å². The molecule has 29 heteroatoms. The van der Waals surface area contributed by atoms with Crippen molar-refractivity contribution in [1.82, 2.24) is 56.8 Å². The number of hydrogen-bond donors (Lipinski definition) is 7. The summed E-state index contributed by atoms with van der Waals surface area (Å²) in [6.07, 6.45) is 0.735. The van der Waals surface area contributed by atoms with Gasteiger partial charge in [-0.15, -0.1) is 10.2 Å². The molecule has 0 unspecified atom stereocenters. The van der Waals surface area contributed by atoms with Gasteiger partial charge in [0.05, 0.1) is 78.4 Å². The number of anilines is 1. The molecule has 0 aliphatic rings. The zero-order valence-corrected chi connectivity index (χ0v) is 82.8. The highest BCUT2D eigenvalue weighted by Crippen LogP contribution is 2.43. The van der Waals surface area contributed by atoms with Crippen LogP contribution in [0.25, 0.3) is 11.1 Å². The maximum Gasteiger partial charge on any atom is 0.308 e. The van der Waals surface area contributed by atoms with Crippen LogP contribution in [0.5, 0.6) is 5.75 Å². The summed E-state index contributed by atoms with van der Waals surface area (Å²) in [7, 11) is 0. The SMILES string of the molecule is CCCCCOc1ccc(-c2ccc(C[C@H](CC(=O)[C@H](CC(=O)OC(C)(C)C)NC(=O)[C@H](COC(C)(C)C)CC(=O)[C@@H](NC(=O)[C@@](C)(CC(=O)[C@@H](NC(=O)CCC(=O)[C@H](Cc3nn[nH]n3)NC(=O)C(C)(C)C(=O)NCCc3cncn3C(c3ccccc3)(c3ccccc3)c3ccccc3)[C@@H](C)OC(C)(C)C)Cc3ccccc3F)[C@@H](C)OC(C)(C)C)C(=O)Nc3ccccc3)cc2)c(CC)c1. The number of nitrogens with one attached hydrogen (secondary N) is 7. The van der Waals surface area contributed by atoms with E-state index in [0.717, 1.165) is 70.5 Å². The third kappa shape index (κ3) is 32.0. The number of benzene rings is 7. The van der Waals surface area contributed by atoms with Gasteiger partial charge in [-0.25, -0.2) is 9.37 Å². The quantitative estimate of drug-likeness (QED) is 0.00806. The summed E-state index contributed by atoms with van der Waals surface area (Å²) in [5.74, 6) is -11.1. The minimum atomic E-state index is -2.01. The predicted molar refractivity (Wildman–Crippen MR) is 523 cm³/mol. The number of imidazole rings is 1. The molecule has 734 valence electrons. The van der Waals surface area contributed by atoms with E-state index in [1.807, 2.05) is 91.0 Å². The van der Waals surface area contributed by atoms with Crippen LogP contribution < -0.4 is 36.6 Å². The van der Waals surface area contributed by atoms with E-state index in [4.69, 9.17) is 23.7 Å². The van der Waals surface area contributed by atoms with Gasteiger partial charge in [0.25, 0.3) is 0 Å². The number of H-pyrrole nitrogens is 1. The summed E-state index contributed by atoms with van der Waals surface area (Å²) in [5, 5.41) is 31.0. The summed E-state index contributed by atoms with van der Waals surface area (Å²) >= 11 is 0. The van der Waals surface area contributed by atoms with Crippen LogP contribution in [0.3, 0.4) is 0 Å². The number of para-hydroxylation sites is 1. The highest BCUT2D eigenvalue weighted by atomic mass is 19.1. The van der Waals surface area contributed by atoms with Gasteiger partial charge in [0.15, 0.2) is 29.0 Å². The Bertz CT molecular complexity index is 5420. The van der Waals surface area contributed by atoms with Gasteiger partial charge in [0.2, 0.25) is 35.4 Å². The van der Waals surface area contributed by atoms with Crippen molar-refractivity contribution < 1.29 is 80.8 Å². The fourth-order valence-corrected chi connectivity index (χ4v) is 16.7. The number of carbonyl (C=O) groups excluding carboxylic acids is 11. The summed E-state index contributed by atoms with van der Waals surface area (Å²) < 4.78 is 49.4. The Morgan fingerprint density at radius 1 is 0.526 bits per heavy atom. The highest BCUT2D eigenvalue weighted by Gasteiger charge is 2.47. The molecule has 28 nitrogen and oxygen atoms in total. The van der Waals surface area contributed by atoms with Crippen LogP contribution in [0.2, 0.25) is 0 Å². The van der Waals surface area contributed by atoms with Gasteiger partial charge >= 0.3 is 5.97 Å². The molecule has 0 saturated heterocycles. The van der Waals surface area contributed by atoms with Gasteiger partial charge in [0.1, 0.15) is 40.2 Å². The van der Waals surface area contributed by atoms with Crippen LogP contribution in [0, 0.1) is 28.5 Å². The summed E-state index contributed by atoms with van der Waals surface area (Å²) in [6.45, 7) is 32.2. The minimum Gasteiger partial charge on any atom is -0.494 e. The van der Waals surface area contributed by atoms with Gasteiger partial charge < -0.3 is 60.2 Å². The number of halogens is 1. The molecule has 0 aliphatic heterocycles. The van der Waals surface area contributed by atoms with Crippen LogP contribution in [0.4, 0.5) is 10.1 Å². The number of Topliss-reactive ketones (excluding diaryl/α,β-unsaturated/α-hetero) is 4. The van der Waals surface area contributed by atoms with Crippen molar-refractivity contribution in [3.8, 4) is 16.9 Å². The van der Waals surface area contributed by atoms with Crippen LogP contribution in [-0.2, 0) is 109 Å². The molecule has 0 spiro atoms. The first-order valence-corrected chi connectivity index (χ1v) is 47.4. The van der Waals surface area contributed by atoms with E-state index in [1.165, 1.54) is 52.8 Å². The normalized spacial score (nSPS) is 14.3. The first-order valence-electron chi connectivity index (χ1n) is 47.4. The van der Waals surface area contributed by atoms with Gasteiger partial charge in [0, 0.05) is 75.0 Å². The van der Waals surface area contributed by atoms with Gasteiger partial charge in [-0.05, 0) is 211 Å². The number of nitrogens with zero attached hydrogens (tertiary/aromatic N) is 5. The lowest BCUT2D eigenvalue weighted by molar-refractivity contribution is -0.157. The molecule has 0 radical (unpaired) electrons. The Morgan fingerprint density at radius 3 is 1.66 bits per heavy atom. The predicted octanol–water partition coefficient (Wildman–Crippen LogP) is 15.6. The minimum absolute atomic E-state index is 0.00585. The molecule has 9 aromatic rings. The maximum absolute atomic E-state index is 16.3. The number of unbranched alkanes of at least 4 members (excludes halogenated alkanes) is 2. The average Bonchev–Trinajstić information content (AvgIpc) is 1.70. The average molecular weight is 1880 g/mol. The molecule has 7 aromatic carbocycles. The number of aromatic nitrogens is 6. The number of tetrazole rings is 1. The fraction of sp³-hybridized carbons (Fsp3) is 0.472. The number of aromatic amines is 1. The second-order valence-corrected chi connectivity index (χ2v) is 40.1. The van der Waals surface area contributed by atoms with Crippen LogP contribution in [-0.4, -0.2) is 173 Å². The fourth-order valence-electron chi connectivity index (χ4n) is 16.7. The van der Waals surface area contributed by atoms with Crippen LogP contribution in [0.1, 0.15) is 234 Å². The Labute approximate surface area is 805 Å². The number of aryl methyl sites for hydroxylation is 1. The molecule has 0 aliphatic carbocycles. The van der Waals surface area contributed by atoms with Crippen molar-refractivity contribution >= 4 is 70.2 Å². The molecular weight excluding hydrogens is 1740 g/mol. The first-order chi connectivity index (χ1) is 64.7. The monoisotopic (exact) mass is 1880 g/mol. The topological polar surface area (TPSA) is 378 Å². The lowest BCUT2D eigenvalue weighted by Gasteiger charge is -2.38. The van der Waals surface area contributed by atoms with E-state index in [9.17, 15) is 28.8 Å². The second-order valence-electron chi connectivity index (χ2n) is 40.1. The number of esters is 1. The standard InChI is InChI=1S/C108H139FN12O16/c1-20-22-37-58-133-83-52-53-84(73(21-2)60-83)74-50-48-72(49-51-74)59-76(97(128)112-81-45-33-26-34-46-81)61-89(123)87(64-94(127)137-105(14,15)16)113-98(129)77(68-134-102(5,6)7)62-90(124)95(70(3)135-103(8,9)10)116-101(132)107(19,65-75-38-35-36-47-85(75)109)66-91(125)96(71(4)136-104(11,12)13)115-93(126)55-54-88(122)86(63-92-117-119-120-118-92)114-100(131)106(17,18)99(130)111-57-56-82-67-110-69-121(82)108(78-39-27-23-28-40-78,79-41-29-24-30-42-79)80-43-31-25-32-44-80/h23-36,38-53,60,67,69-71,76-77,86-87,95-96H,20-22,37,54-59,61-66,68H2,1-19H3,(H,111,130)(H,112,128)(H,113,129)(H,114,131)(H,115,126)(H,116,132)(H,117,118,119,120)/t70-,71-,76-,77+,86+,87+,95+,96+,107-/m1/s1. The zero-order valence-electron chi connectivity index (χ0n) is 82.8. The lowest BCUT2D eigenvalue weighted by Crippen LogP contribution is -2.57. The molecule has 2 aromatic heterocycles. The van der Waals surface area contributed by atoms with Crippen molar-refractivity contribution in [2.75, 3.05) is 25.1 Å². The van der Waals surface area contributed by atoms with E-state index in [2.05, 4.69) is 118 Å². The number of hydrogen-bond acceptors (Lipinski definition) is 20. The smallest absolute Gasteiger partial charge is 0.308 e. The number of rotatable bonds is 51. The van der Waals surface area contributed by atoms with Gasteiger partial charge in [-0.1, -0.05) is 197 Å². The van der Waals surface area contributed by atoms with Crippen LogP contribution >= 0.6 is 0 Å². The van der Waals surface area contributed by atoms with E-state index in [1.54, 1.807) is 132 Å². The largest absolute Gasteiger partial charge is 0.494 e. The molecule has 9 atom stereocenters. The zero-order chi connectivity index (χ0) is 100. The van der Waals surface area contributed by atoms with E-state index >= 15 is 28.4 Å². The van der Waals surface area contributed by atoms with Crippen molar-refractivity contribution in [2.45, 2.75) is 286 Å². The molecular formula is C108H139FN12O16. The number of amides is 6. The molecule has 6 amide bonds. The lowest BCUT2D eigenvalue weighted by atomic mass is 9.76.